The molecule has 0 unspecified atom stereocenters. The van der Waals surface area contributed by atoms with Gasteiger partial charge in [0.05, 0.1) is 28.1 Å². The molecule has 8 aromatic carbocycles. The van der Waals surface area contributed by atoms with Gasteiger partial charge in [0, 0.05) is 45.5 Å². The van der Waals surface area contributed by atoms with Gasteiger partial charge in [0.2, 0.25) is 0 Å². The summed E-state index contributed by atoms with van der Waals surface area (Å²) in [5.41, 5.74) is 16.6. The van der Waals surface area contributed by atoms with Crippen LogP contribution in [0.25, 0.3) is 50.3 Å². The fraction of sp³-hybridized carbons (Fsp3) is 0.253. The Hall–Kier alpha value is -8.28. The predicted molar refractivity (Wildman–Crippen MR) is 333 cm³/mol. The minimum Gasteiger partial charge on any atom is -0.458 e. The number of rotatable bonds is 14. The van der Waals surface area contributed by atoms with Gasteiger partial charge < -0.3 is 4.74 Å². The van der Waals surface area contributed by atoms with E-state index in [2.05, 4.69) is 316 Å². The molecule has 0 saturated carbocycles. The van der Waals surface area contributed by atoms with Gasteiger partial charge in [-0.2, -0.15) is 0 Å². The highest BCUT2D eigenvalue weighted by Crippen LogP contribution is 2.42. The Morgan fingerprint density at radius 1 is 0.450 bits per heavy atom. The Balaban J connectivity index is 1.09. The zero-order chi connectivity index (χ0) is 56.3. The second-order valence-electron chi connectivity index (χ2n) is 25.2. The molecule has 0 atom stereocenters. The zero-order valence-electron chi connectivity index (χ0n) is 49.1. The maximum Gasteiger partial charge on any atom is 0.269 e. The summed E-state index contributed by atoms with van der Waals surface area (Å²) in [7, 11) is 0. The van der Waals surface area contributed by atoms with Crippen molar-refractivity contribution in [3.05, 3.63) is 269 Å². The highest BCUT2D eigenvalue weighted by molar-refractivity contribution is 6.09. The average molecular weight is 1050 g/mol. The third kappa shape index (κ3) is 9.97. The minimum absolute atomic E-state index is 0.203. The van der Waals surface area contributed by atoms with Gasteiger partial charge in [-0.05, 0) is 134 Å². The molecule has 11 aromatic rings. The van der Waals surface area contributed by atoms with Crippen LogP contribution in [-0.4, -0.2) is 14.1 Å². The molecule has 0 bridgehead atoms. The summed E-state index contributed by atoms with van der Waals surface area (Å²) < 4.78 is 14.0. The second-order valence-corrected chi connectivity index (χ2v) is 25.2. The first-order chi connectivity index (χ1) is 38.2. The van der Waals surface area contributed by atoms with Crippen molar-refractivity contribution in [1.82, 2.24) is 14.1 Å². The molecule has 0 aliphatic carbocycles. The van der Waals surface area contributed by atoms with Gasteiger partial charge in [0.1, 0.15) is 17.3 Å². The van der Waals surface area contributed by atoms with Crippen molar-refractivity contribution in [2.24, 2.45) is 0 Å². The normalized spacial score (nSPS) is 12.5. The molecule has 3 aromatic heterocycles. The largest absolute Gasteiger partial charge is 0.458 e. The third-order valence-corrected chi connectivity index (χ3v) is 17.0. The molecule has 11 rings (SSSR count). The molecular weight excluding hydrogens is 973 g/mol. The van der Waals surface area contributed by atoms with Crippen molar-refractivity contribution < 1.29 is 9.30 Å². The smallest absolute Gasteiger partial charge is 0.269 e. The monoisotopic (exact) mass is 1050 g/mol. The van der Waals surface area contributed by atoms with Crippen LogP contribution < -0.4 is 9.30 Å². The summed E-state index contributed by atoms with van der Waals surface area (Å²) in [6, 6.07) is 72.8. The molecule has 0 amide bonds. The molecule has 0 aliphatic rings. The van der Waals surface area contributed by atoms with Crippen molar-refractivity contribution in [3.63, 3.8) is 0 Å². The number of para-hydroxylation sites is 1. The first kappa shape index (κ1) is 53.7. The number of fused-ring (bicyclic) bond motifs is 3. The summed E-state index contributed by atoms with van der Waals surface area (Å²) in [6.45, 7) is 30.0. The van der Waals surface area contributed by atoms with Crippen molar-refractivity contribution in [2.45, 2.75) is 124 Å². The second kappa shape index (κ2) is 20.7. The molecule has 0 fully saturated rings. The number of nitrogens with zero attached hydrogens (tertiary/aromatic N) is 4. The van der Waals surface area contributed by atoms with Crippen LogP contribution in [0.1, 0.15) is 152 Å². The van der Waals surface area contributed by atoms with Gasteiger partial charge in [-0.1, -0.05) is 223 Å². The lowest BCUT2D eigenvalue weighted by Gasteiger charge is -2.32. The highest BCUT2D eigenvalue weighted by Gasteiger charge is 2.31. The van der Waals surface area contributed by atoms with E-state index in [0.717, 1.165) is 61.8 Å². The molecule has 80 heavy (non-hydrogen) atoms. The Kier molecular flexibility index (Phi) is 13.9. The molecule has 5 nitrogen and oxygen atoms in total. The number of pyridine rings is 1. The van der Waals surface area contributed by atoms with Gasteiger partial charge >= 0.3 is 0 Å². The summed E-state index contributed by atoms with van der Waals surface area (Å²) in [5, 5.41) is 2.30. The molecule has 0 N–H and O–H groups in total. The molecule has 5 heteroatoms. The molecule has 0 saturated heterocycles. The van der Waals surface area contributed by atoms with Crippen molar-refractivity contribution in [1.29, 1.82) is 0 Å². The lowest BCUT2D eigenvalue weighted by molar-refractivity contribution is -0.588. The Morgan fingerprint density at radius 2 is 0.988 bits per heavy atom. The van der Waals surface area contributed by atoms with Crippen molar-refractivity contribution in [2.75, 3.05) is 0 Å². The van der Waals surface area contributed by atoms with Gasteiger partial charge in [-0.15, -0.1) is 0 Å². The lowest BCUT2D eigenvalue weighted by Crippen LogP contribution is -2.34. The van der Waals surface area contributed by atoms with Crippen LogP contribution in [0.15, 0.2) is 213 Å². The maximum absolute atomic E-state index is 7.14. The van der Waals surface area contributed by atoms with E-state index in [4.69, 9.17) is 9.72 Å². The molecule has 0 aliphatic heterocycles. The summed E-state index contributed by atoms with van der Waals surface area (Å²) in [4.78, 5) is 5.04. The first-order valence-corrected chi connectivity index (χ1v) is 28.6. The first-order valence-electron chi connectivity index (χ1n) is 28.6. The third-order valence-electron chi connectivity index (χ3n) is 17.0. The standard InChI is InChI=1S/C75H76N4O/c1-50(2)63-33-25-34-64(51(3)4)71(63)69-48-77(49-78(69)60-42-57(74(10,11)53-28-19-15-20-29-53)40-58(43-60)75(12,13)54-30-21-16-22-31-54)59-41-56(72(5,6)7)44-62(46-59)80-61-36-37-66-65-32-23-24-35-67(65)79(68(66)47-61)70-45-55(38-39-76-70)73(8,9)52-26-17-14-18-27-52/h14-48,50-51H,1-13H3. The van der Waals surface area contributed by atoms with Crippen molar-refractivity contribution in [3.8, 4) is 39.9 Å². The van der Waals surface area contributed by atoms with Crippen LogP contribution in [-0.2, 0) is 21.7 Å². The molecular formula is C75H76N4O. The SMILES string of the molecule is CC(C)c1cccc(C(C)C)c1-c1cn(-c2cc(Oc3ccc4c5ccccc5n(-c5cc(C(C)(C)c6ccccc6)ccn5)c4c3)cc(C(C)(C)C)c2)[c-][n+]1-c1cc(C(C)(C)c2ccccc2)cc(C(C)(C)c2ccccc2)c1. The Morgan fingerprint density at radius 3 is 1.55 bits per heavy atom. The Bertz CT molecular complexity index is 3940. The van der Waals surface area contributed by atoms with Gasteiger partial charge in [-0.3, -0.25) is 13.7 Å². The van der Waals surface area contributed by atoms with E-state index in [1.165, 1.54) is 50.1 Å². The minimum atomic E-state index is -0.314. The zero-order valence-corrected chi connectivity index (χ0v) is 49.1. The quantitative estimate of drug-likeness (QED) is 0.0804. The molecule has 0 radical (unpaired) electrons. The van der Waals surface area contributed by atoms with E-state index in [1.807, 2.05) is 6.20 Å². The average Bonchev–Trinajstić information content (AvgIpc) is 3.96. The molecule has 402 valence electrons. The number of benzene rings is 8. The lowest BCUT2D eigenvalue weighted by atomic mass is 9.73. The van der Waals surface area contributed by atoms with Crippen molar-refractivity contribution >= 4 is 21.8 Å². The van der Waals surface area contributed by atoms with Crippen LogP contribution in [0.4, 0.5) is 0 Å². The number of hydrogen-bond donors (Lipinski definition) is 0. The number of aromatic nitrogens is 4. The van der Waals surface area contributed by atoms with Crippen LogP contribution in [0.2, 0.25) is 0 Å². The summed E-state index contributed by atoms with van der Waals surface area (Å²) in [5.74, 6) is 2.91. The topological polar surface area (TPSA) is 35.9 Å². The number of imidazole rings is 1. The van der Waals surface area contributed by atoms with E-state index in [9.17, 15) is 0 Å². The number of hydrogen-bond acceptors (Lipinski definition) is 2. The maximum atomic E-state index is 7.14. The van der Waals surface area contributed by atoms with Crippen LogP contribution in [0, 0.1) is 6.33 Å². The van der Waals surface area contributed by atoms with Gasteiger partial charge in [0.15, 0.2) is 0 Å². The van der Waals surface area contributed by atoms with Crippen LogP contribution in [0.5, 0.6) is 11.5 Å². The van der Waals surface area contributed by atoms with Gasteiger partial charge in [0.25, 0.3) is 6.33 Å². The fourth-order valence-corrected chi connectivity index (χ4v) is 11.8. The van der Waals surface area contributed by atoms with E-state index in [1.54, 1.807) is 0 Å². The van der Waals surface area contributed by atoms with Crippen LogP contribution >= 0.6 is 0 Å². The van der Waals surface area contributed by atoms with Crippen LogP contribution in [0.3, 0.4) is 0 Å². The number of ether oxygens (including phenoxy) is 1. The molecule has 0 spiro atoms. The fourth-order valence-electron chi connectivity index (χ4n) is 11.8. The summed E-state index contributed by atoms with van der Waals surface area (Å²) >= 11 is 0. The summed E-state index contributed by atoms with van der Waals surface area (Å²) in [6.07, 6.45) is 8.26. The predicted octanol–water partition coefficient (Wildman–Crippen LogP) is 19.0. The highest BCUT2D eigenvalue weighted by atomic mass is 16.5. The van der Waals surface area contributed by atoms with E-state index < -0.39 is 0 Å². The van der Waals surface area contributed by atoms with Gasteiger partial charge in [-0.25, -0.2) is 4.98 Å². The van der Waals surface area contributed by atoms with E-state index in [-0.39, 0.29) is 33.5 Å². The van der Waals surface area contributed by atoms with E-state index in [0.29, 0.717) is 0 Å². The van der Waals surface area contributed by atoms with E-state index >= 15 is 0 Å². The Labute approximate surface area is 475 Å². The molecule has 3 heterocycles.